The van der Waals surface area contributed by atoms with E-state index < -0.39 is 0 Å². The van der Waals surface area contributed by atoms with Gasteiger partial charge in [-0.05, 0) is 12.3 Å². The molecule has 0 bridgehead atoms. The van der Waals surface area contributed by atoms with E-state index >= 15 is 0 Å². The van der Waals surface area contributed by atoms with Crippen molar-refractivity contribution < 1.29 is 9.05 Å². The molecule has 1 fully saturated rings. The maximum absolute atomic E-state index is 5.19. The SMILES string of the molecule is C[C@@H]1C[C@H]1c1nc(Cc2ccon2)no1. The lowest BCUT2D eigenvalue weighted by molar-refractivity contribution is 0.371. The molecule has 2 heterocycles. The Morgan fingerprint density at radius 2 is 2.33 bits per heavy atom. The third-order valence-corrected chi connectivity index (χ3v) is 2.74. The zero-order valence-electron chi connectivity index (χ0n) is 8.38. The Bertz CT molecular complexity index is 449. The highest BCUT2D eigenvalue weighted by Gasteiger charge is 2.38. The van der Waals surface area contributed by atoms with Crippen LogP contribution in [0.1, 0.15) is 36.7 Å². The minimum Gasteiger partial charge on any atom is -0.364 e. The van der Waals surface area contributed by atoms with Crippen molar-refractivity contribution in [2.24, 2.45) is 5.92 Å². The first kappa shape index (κ1) is 8.64. The summed E-state index contributed by atoms with van der Waals surface area (Å²) < 4.78 is 9.92. The van der Waals surface area contributed by atoms with Crippen molar-refractivity contribution in [3.05, 3.63) is 29.7 Å². The van der Waals surface area contributed by atoms with Crippen molar-refractivity contribution in [2.45, 2.75) is 25.7 Å². The molecular weight excluding hydrogens is 194 g/mol. The summed E-state index contributed by atoms with van der Waals surface area (Å²) in [7, 11) is 0. The predicted octanol–water partition coefficient (Wildman–Crippen LogP) is 1.77. The number of rotatable bonds is 3. The van der Waals surface area contributed by atoms with E-state index in [4.69, 9.17) is 9.05 Å². The van der Waals surface area contributed by atoms with E-state index in [1.54, 1.807) is 12.3 Å². The van der Waals surface area contributed by atoms with Crippen LogP contribution in [0.5, 0.6) is 0 Å². The van der Waals surface area contributed by atoms with Crippen LogP contribution in [0.25, 0.3) is 0 Å². The fourth-order valence-electron chi connectivity index (χ4n) is 1.65. The Morgan fingerprint density at radius 1 is 1.47 bits per heavy atom. The fourth-order valence-corrected chi connectivity index (χ4v) is 1.65. The number of hydrogen-bond acceptors (Lipinski definition) is 5. The van der Waals surface area contributed by atoms with E-state index in [0.717, 1.165) is 18.0 Å². The smallest absolute Gasteiger partial charge is 0.230 e. The maximum Gasteiger partial charge on any atom is 0.230 e. The lowest BCUT2D eigenvalue weighted by Crippen LogP contribution is -1.91. The summed E-state index contributed by atoms with van der Waals surface area (Å²) in [6.07, 6.45) is 3.27. The summed E-state index contributed by atoms with van der Waals surface area (Å²) in [4.78, 5) is 4.34. The molecule has 5 heteroatoms. The summed E-state index contributed by atoms with van der Waals surface area (Å²) in [5, 5.41) is 7.72. The van der Waals surface area contributed by atoms with Gasteiger partial charge in [0.2, 0.25) is 5.89 Å². The van der Waals surface area contributed by atoms with Gasteiger partial charge in [0.25, 0.3) is 0 Å². The first-order valence-electron chi connectivity index (χ1n) is 5.04. The van der Waals surface area contributed by atoms with E-state index in [0.29, 0.717) is 24.1 Å². The molecule has 15 heavy (non-hydrogen) atoms. The molecule has 0 amide bonds. The molecule has 1 aliphatic rings. The first-order valence-corrected chi connectivity index (χ1v) is 5.04. The lowest BCUT2D eigenvalue weighted by Gasteiger charge is -1.85. The van der Waals surface area contributed by atoms with Gasteiger partial charge in [0.1, 0.15) is 6.26 Å². The van der Waals surface area contributed by atoms with Crippen molar-refractivity contribution >= 4 is 0 Å². The average Bonchev–Trinajstić information content (AvgIpc) is 2.74. The highest BCUT2D eigenvalue weighted by molar-refractivity contribution is 5.09. The van der Waals surface area contributed by atoms with Gasteiger partial charge in [-0.25, -0.2) is 0 Å². The molecule has 78 valence electrons. The molecule has 2 aromatic heterocycles. The lowest BCUT2D eigenvalue weighted by atomic mass is 10.3. The maximum atomic E-state index is 5.19. The van der Waals surface area contributed by atoms with Crippen LogP contribution in [0.2, 0.25) is 0 Å². The van der Waals surface area contributed by atoms with Gasteiger partial charge in [0.15, 0.2) is 5.82 Å². The van der Waals surface area contributed by atoms with E-state index in [2.05, 4.69) is 22.2 Å². The summed E-state index contributed by atoms with van der Waals surface area (Å²) in [6.45, 7) is 2.19. The Hall–Kier alpha value is -1.65. The van der Waals surface area contributed by atoms with E-state index in [9.17, 15) is 0 Å². The highest BCUT2D eigenvalue weighted by atomic mass is 16.5. The molecule has 0 unspecified atom stereocenters. The van der Waals surface area contributed by atoms with Gasteiger partial charge in [-0.15, -0.1) is 0 Å². The molecule has 2 atom stereocenters. The molecule has 3 rings (SSSR count). The van der Waals surface area contributed by atoms with Crippen LogP contribution in [-0.4, -0.2) is 15.3 Å². The second-order valence-corrected chi connectivity index (χ2v) is 4.04. The molecular formula is C10H11N3O2. The fraction of sp³-hybridized carbons (Fsp3) is 0.500. The quantitative estimate of drug-likeness (QED) is 0.764. The van der Waals surface area contributed by atoms with E-state index in [1.807, 2.05) is 0 Å². The Morgan fingerprint density at radius 3 is 3.00 bits per heavy atom. The molecule has 1 aliphatic carbocycles. The zero-order valence-corrected chi connectivity index (χ0v) is 8.38. The normalized spacial score (nSPS) is 24.3. The molecule has 0 spiro atoms. The van der Waals surface area contributed by atoms with Crippen molar-refractivity contribution in [2.75, 3.05) is 0 Å². The van der Waals surface area contributed by atoms with Crippen LogP contribution in [0.3, 0.4) is 0 Å². The predicted molar refractivity (Wildman–Crippen MR) is 50.1 cm³/mol. The van der Waals surface area contributed by atoms with Gasteiger partial charge in [-0.3, -0.25) is 0 Å². The van der Waals surface area contributed by atoms with Gasteiger partial charge >= 0.3 is 0 Å². The Labute approximate surface area is 86.5 Å². The van der Waals surface area contributed by atoms with Crippen LogP contribution in [0.15, 0.2) is 21.4 Å². The summed E-state index contributed by atoms with van der Waals surface area (Å²) in [5.74, 6) is 2.60. The second-order valence-electron chi connectivity index (χ2n) is 4.04. The number of aromatic nitrogens is 3. The summed E-state index contributed by atoms with van der Waals surface area (Å²) in [5.41, 5.74) is 0.825. The Balaban J connectivity index is 1.74. The van der Waals surface area contributed by atoms with Crippen LogP contribution in [0.4, 0.5) is 0 Å². The number of nitrogens with zero attached hydrogens (tertiary/aromatic N) is 3. The molecule has 0 radical (unpaired) electrons. The summed E-state index contributed by atoms with van der Waals surface area (Å²) in [6, 6.07) is 1.80. The monoisotopic (exact) mass is 205 g/mol. The van der Waals surface area contributed by atoms with Crippen LogP contribution in [0, 0.1) is 5.92 Å². The van der Waals surface area contributed by atoms with Crippen LogP contribution < -0.4 is 0 Å². The van der Waals surface area contributed by atoms with E-state index in [-0.39, 0.29) is 0 Å². The second kappa shape index (κ2) is 3.18. The minimum absolute atomic E-state index is 0.476. The molecule has 0 aromatic carbocycles. The third-order valence-electron chi connectivity index (χ3n) is 2.74. The molecule has 5 nitrogen and oxygen atoms in total. The van der Waals surface area contributed by atoms with Gasteiger partial charge in [0, 0.05) is 12.0 Å². The third kappa shape index (κ3) is 1.65. The average molecular weight is 205 g/mol. The Kier molecular flexibility index (Phi) is 1.83. The largest absolute Gasteiger partial charge is 0.364 e. The van der Waals surface area contributed by atoms with Gasteiger partial charge < -0.3 is 9.05 Å². The zero-order chi connectivity index (χ0) is 10.3. The molecule has 1 saturated carbocycles. The van der Waals surface area contributed by atoms with Gasteiger partial charge in [0.05, 0.1) is 12.1 Å². The summed E-state index contributed by atoms with van der Waals surface area (Å²) >= 11 is 0. The van der Waals surface area contributed by atoms with E-state index in [1.165, 1.54) is 0 Å². The van der Waals surface area contributed by atoms with Crippen molar-refractivity contribution in [1.82, 2.24) is 15.3 Å². The van der Waals surface area contributed by atoms with Crippen molar-refractivity contribution in [3.8, 4) is 0 Å². The molecule has 0 aliphatic heterocycles. The van der Waals surface area contributed by atoms with Crippen LogP contribution in [-0.2, 0) is 6.42 Å². The highest BCUT2D eigenvalue weighted by Crippen LogP contribution is 2.45. The van der Waals surface area contributed by atoms with Gasteiger partial charge in [-0.2, -0.15) is 4.98 Å². The topological polar surface area (TPSA) is 65.0 Å². The molecule has 0 N–H and O–H groups in total. The molecule has 0 saturated heterocycles. The molecule has 2 aromatic rings. The number of hydrogen-bond donors (Lipinski definition) is 0. The first-order chi connectivity index (χ1) is 7.33. The minimum atomic E-state index is 0.476. The van der Waals surface area contributed by atoms with Gasteiger partial charge in [-0.1, -0.05) is 17.2 Å². The van der Waals surface area contributed by atoms with Crippen molar-refractivity contribution in [1.29, 1.82) is 0 Å². The van der Waals surface area contributed by atoms with Crippen LogP contribution >= 0.6 is 0 Å². The standard InChI is InChI=1S/C10H11N3O2/c1-6-4-8(6)10-11-9(13-15-10)5-7-2-3-14-12-7/h2-3,6,8H,4-5H2,1H3/t6-,8-/m1/s1. The van der Waals surface area contributed by atoms with Crippen molar-refractivity contribution in [3.63, 3.8) is 0 Å².